The summed E-state index contributed by atoms with van der Waals surface area (Å²) in [5, 5.41) is 9.77. The predicted molar refractivity (Wildman–Crippen MR) is 60.2 cm³/mol. The SMILES string of the molecule is Oc1ccc(I)c2c1C1CCC2C1. The van der Waals surface area contributed by atoms with Gasteiger partial charge in [-0.05, 0) is 71.4 Å². The molecule has 3 rings (SSSR count). The molecule has 2 unspecified atom stereocenters. The van der Waals surface area contributed by atoms with Crippen LogP contribution in [-0.4, -0.2) is 5.11 Å². The smallest absolute Gasteiger partial charge is 0.119 e. The van der Waals surface area contributed by atoms with Crippen LogP contribution in [0.1, 0.15) is 42.2 Å². The van der Waals surface area contributed by atoms with E-state index < -0.39 is 0 Å². The third-order valence-corrected chi connectivity index (χ3v) is 4.40. The van der Waals surface area contributed by atoms with Crippen molar-refractivity contribution in [2.45, 2.75) is 31.1 Å². The lowest BCUT2D eigenvalue weighted by Gasteiger charge is -2.17. The molecule has 2 bridgehead atoms. The number of halogens is 1. The van der Waals surface area contributed by atoms with E-state index in [0.29, 0.717) is 11.7 Å². The number of phenols is 1. The summed E-state index contributed by atoms with van der Waals surface area (Å²) in [5.74, 6) is 1.94. The van der Waals surface area contributed by atoms with Gasteiger partial charge in [0.1, 0.15) is 5.75 Å². The van der Waals surface area contributed by atoms with Gasteiger partial charge < -0.3 is 5.11 Å². The number of fused-ring (bicyclic) bond motifs is 5. The van der Waals surface area contributed by atoms with Gasteiger partial charge in [-0.3, -0.25) is 0 Å². The molecule has 2 heteroatoms. The first-order valence-corrected chi connectivity index (χ1v) is 5.86. The molecule has 2 aliphatic carbocycles. The van der Waals surface area contributed by atoms with Crippen molar-refractivity contribution >= 4 is 22.6 Å². The largest absolute Gasteiger partial charge is 0.508 e. The van der Waals surface area contributed by atoms with Crippen molar-refractivity contribution in [3.63, 3.8) is 0 Å². The van der Waals surface area contributed by atoms with Gasteiger partial charge >= 0.3 is 0 Å². The zero-order valence-corrected chi connectivity index (χ0v) is 9.41. The Bertz CT molecular complexity index is 338. The van der Waals surface area contributed by atoms with Crippen LogP contribution < -0.4 is 0 Å². The molecule has 13 heavy (non-hydrogen) atoms. The summed E-state index contributed by atoms with van der Waals surface area (Å²) in [6.07, 6.45) is 3.89. The van der Waals surface area contributed by atoms with Gasteiger partial charge in [0, 0.05) is 9.13 Å². The summed E-state index contributed by atoms with van der Waals surface area (Å²) in [7, 11) is 0. The van der Waals surface area contributed by atoms with Crippen LogP contribution >= 0.6 is 22.6 Å². The highest BCUT2D eigenvalue weighted by Gasteiger charge is 2.39. The van der Waals surface area contributed by atoms with Crippen molar-refractivity contribution in [2.24, 2.45) is 0 Å². The number of benzene rings is 1. The Balaban J connectivity index is 2.30. The Hall–Kier alpha value is -0.250. The molecular formula is C11H11IO. The van der Waals surface area contributed by atoms with Crippen molar-refractivity contribution in [1.29, 1.82) is 0 Å². The van der Waals surface area contributed by atoms with Crippen molar-refractivity contribution in [2.75, 3.05) is 0 Å². The van der Waals surface area contributed by atoms with E-state index in [4.69, 9.17) is 0 Å². The van der Waals surface area contributed by atoms with Gasteiger partial charge in [0.2, 0.25) is 0 Å². The normalized spacial score (nSPS) is 29.3. The second-order valence-corrected chi connectivity index (χ2v) is 5.26. The molecule has 1 N–H and O–H groups in total. The fourth-order valence-corrected chi connectivity index (χ4v) is 3.86. The molecule has 0 radical (unpaired) electrons. The summed E-state index contributed by atoms with van der Waals surface area (Å²) in [5.41, 5.74) is 2.72. The van der Waals surface area contributed by atoms with E-state index in [0.717, 1.165) is 5.92 Å². The van der Waals surface area contributed by atoms with Crippen LogP contribution in [0.3, 0.4) is 0 Å². The van der Waals surface area contributed by atoms with Gasteiger partial charge in [0.15, 0.2) is 0 Å². The van der Waals surface area contributed by atoms with Crippen molar-refractivity contribution in [3.8, 4) is 5.75 Å². The second-order valence-electron chi connectivity index (χ2n) is 4.10. The third kappa shape index (κ3) is 0.981. The van der Waals surface area contributed by atoms with E-state index in [1.165, 1.54) is 34.0 Å². The first-order chi connectivity index (χ1) is 6.27. The molecule has 1 aromatic carbocycles. The predicted octanol–water partition coefficient (Wildman–Crippen LogP) is 3.36. The van der Waals surface area contributed by atoms with Gasteiger partial charge in [0.25, 0.3) is 0 Å². The Morgan fingerprint density at radius 1 is 1.15 bits per heavy atom. The van der Waals surface area contributed by atoms with Crippen LogP contribution in [0.5, 0.6) is 5.75 Å². The molecule has 1 nitrogen and oxygen atoms in total. The minimum atomic E-state index is 0.530. The molecule has 1 saturated carbocycles. The molecule has 0 spiro atoms. The van der Waals surface area contributed by atoms with Gasteiger partial charge in [-0.2, -0.15) is 0 Å². The van der Waals surface area contributed by atoms with E-state index in [2.05, 4.69) is 22.6 Å². The molecule has 1 aromatic rings. The molecule has 2 aliphatic rings. The molecule has 0 amide bonds. The van der Waals surface area contributed by atoms with Crippen LogP contribution in [0.2, 0.25) is 0 Å². The summed E-state index contributed by atoms with van der Waals surface area (Å²) >= 11 is 2.39. The van der Waals surface area contributed by atoms with E-state index in [1.807, 2.05) is 12.1 Å². The van der Waals surface area contributed by atoms with Crippen LogP contribution in [0, 0.1) is 3.57 Å². The van der Waals surface area contributed by atoms with Crippen LogP contribution in [0.25, 0.3) is 0 Å². The average molecular weight is 286 g/mol. The number of hydrogen-bond acceptors (Lipinski definition) is 1. The fourth-order valence-electron chi connectivity index (χ4n) is 2.95. The first-order valence-electron chi connectivity index (χ1n) is 4.78. The molecule has 68 valence electrons. The zero-order chi connectivity index (χ0) is 9.00. The maximum absolute atomic E-state index is 9.77. The third-order valence-electron chi connectivity index (χ3n) is 3.46. The molecular weight excluding hydrogens is 275 g/mol. The number of rotatable bonds is 0. The number of aromatic hydroxyl groups is 1. The fraction of sp³-hybridized carbons (Fsp3) is 0.455. The van der Waals surface area contributed by atoms with Crippen LogP contribution in [0.4, 0.5) is 0 Å². The van der Waals surface area contributed by atoms with Crippen LogP contribution in [-0.2, 0) is 0 Å². The molecule has 1 fully saturated rings. The molecule has 2 atom stereocenters. The Kier molecular flexibility index (Phi) is 1.63. The quantitative estimate of drug-likeness (QED) is 0.725. The summed E-state index contributed by atoms with van der Waals surface area (Å²) < 4.78 is 1.35. The van der Waals surface area contributed by atoms with Crippen molar-refractivity contribution < 1.29 is 5.11 Å². The average Bonchev–Trinajstić information content (AvgIpc) is 2.70. The summed E-state index contributed by atoms with van der Waals surface area (Å²) in [6, 6.07) is 3.89. The molecule has 0 aliphatic heterocycles. The van der Waals surface area contributed by atoms with Crippen molar-refractivity contribution in [3.05, 3.63) is 26.8 Å². The highest BCUT2D eigenvalue weighted by molar-refractivity contribution is 14.1. The van der Waals surface area contributed by atoms with Crippen LogP contribution in [0.15, 0.2) is 12.1 Å². The number of phenolic OH excluding ortho intramolecular Hbond substituents is 1. The highest BCUT2D eigenvalue weighted by atomic mass is 127. The molecule has 0 aromatic heterocycles. The van der Waals surface area contributed by atoms with E-state index in [-0.39, 0.29) is 0 Å². The minimum Gasteiger partial charge on any atom is -0.508 e. The Morgan fingerprint density at radius 3 is 2.54 bits per heavy atom. The highest BCUT2D eigenvalue weighted by Crippen LogP contribution is 2.56. The Labute approximate surface area is 91.3 Å². The molecule has 0 heterocycles. The van der Waals surface area contributed by atoms with E-state index in [9.17, 15) is 5.11 Å². The lowest BCUT2D eigenvalue weighted by molar-refractivity contribution is 0.461. The van der Waals surface area contributed by atoms with Gasteiger partial charge in [-0.1, -0.05) is 0 Å². The topological polar surface area (TPSA) is 20.2 Å². The van der Waals surface area contributed by atoms with Gasteiger partial charge in [-0.25, -0.2) is 0 Å². The van der Waals surface area contributed by atoms with Gasteiger partial charge in [-0.15, -0.1) is 0 Å². The number of hydrogen-bond donors (Lipinski definition) is 1. The lowest BCUT2D eigenvalue weighted by atomic mass is 9.91. The monoisotopic (exact) mass is 286 g/mol. The van der Waals surface area contributed by atoms with Gasteiger partial charge in [0.05, 0.1) is 0 Å². The second kappa shape index (κ2) is 2.62. The summed E-state index contributed by atoms with van der Waals surface area (Å²) in [4.78, 5) is 0. The minimum absolute atomic E-state index is 0.530. The first kappa shape index (κ1) is 8.09. The van der Waals surface area contributed by atoms with E-state index >= 15 is 0 Å². The van der Waals surface area contributed by atoms with Crippen molar-refractivity contribution in [1.82, 2.24) is 0 Å². The molecule has 0 saturated heterocycles. The summed E-state index contributed by atoms with van der Waals surface area (Å²) in [6.45, 7) is 0. The lowest BCUT2D eigenvalue weighted by Crippen LogP contribution is -2.00. The maximum atomic E-state index is 9.77. The standard InChI is InChI=1S/C11H11IO/c12-8-3-4-9(13)11-7-2-1-6(5-7)10(8)11/h3-4,6-7,13H,1-2,5H2. The van der Waals surface area contributed by atoms with E-state index in [1.54, 1.807) is 0 Å². The maximum Gasteiger partial charge on any atom is 0.119 e. The Morgan fingerprint density at radius 2 is 1.85 bits per heavy atom. The zero-order valence-electron chi connectivity index (χ0n) is 7.26.